The minimum absolute atomic E-state index is 0.111. The molecule has 3 N–H and O–H groups in total. The van der Waals surface area contributed by atoms with E-state index in [1.54, 1.807) is 0 Å². The highest BCUT2D eigenvalue weighted by molar-refractivity contribution is 5.73. The van der Waals surface area contributed by atoms with Gasteiger partial charge in [0.1, 0.15) is 18.4 Å². The third-order valence-electron chi connectivity index (χ3n) is 3.62. The average molecular weight is 292 g/mol. The Morgan fingerprint density at radius 2 is 2.33 bits per heavy atom. The Kier molecular flexibility index (Phi) is 5.44. The van der Waals surface area contributed by atoms with Crippen LogP contribution in [0.15, 0.2) is 18.2 Å². The first-order valence-electron chi connectivity index (χ1n) is 7.58. The van der Waals surface area contributed by atoms with E-state index in [0.29, 0.717) is 13.0 Å². The highest BCUT2D eigenvalue weighted by Crippen LogP contribution is 2.28. The first-order chi connectivity index (χ1) is 10.1. The van der Waals surface area contributed by atoms with Crippen molar-refractivity contribution in [2.75, 3.05) is 18.5 Å². The van der Waals surface area contributed by atoms with E-state index >= 15 is 0 Å². The van der Waals surface area contributed by atoms with Gasteiger partial charge in [-0.3, -0.25) is 4.79 Å². The van der Waals surface area contributed by atoms with Crippen LogP contribution in [0.25, 0.3) is 0 Å². The van der Waals surface area contributed by atoms with Crippen LogP contribution in [0, 0.1) is 0 Å². The maximum Gasteiger partial charge on any atom is 0.320 e. The minimum Gasteiger partial charge on any atom is -0.490 e. The predicted octanol–water partition coefficient (Wildman–Crippen LogP) is 2.26. The van der Waals surface area contributed by atoms with Crippen LogP contribution >= 0.6 is 0 Å². The molecule has 116 valence electrons. The lowest BCUT2D eigenvalue weighted by Crippen LogP contribution is -2.42. The molecule has 0 amide bonds. The number of rotatable bonds is 7. The molecule has 1 aromatic rings. The predicted molar refractivity (Wildman–Crippen MR) is 83.1 cm³/mol. The van der Waals surface area contributed by atoms with Gasteiger partial charge in [0, 0.05) is 12.6 Å². The van der Waals surface area contributed by atoms with Gasteiger partial charge in [0.15, 0.2) is 0 Å². The molecule has 1 heterocycles. The zero-order chi connectivity index (χ0) is 15.2. The molecule has 0 bridgehead atoms. The van der Waals surface area contributed by atoms with E-state index in [-0.39, 0.29) is 6.04 Å². The van der Waals surface area contributed by atoms with Gasteiger partial charge >= 0.3 is 5.97 Å². The highest BCUT2D eigenvalue weighted by atomic mass is 16.5. The Labute approximate surface area is 125 Å². The zero-order valence-corrected chi connectivity index (χ0v) is 12.7. The Morgan fingerprint density at radius 3 is 3.05 bits per heavy atom. The van der Waals surface area contributed by atoms with Gasteiger partial charge in [-0.15, -0.1) is 0 Å². The number of ether oxygens (including phenoxy) is 1. The summed E-state index contributed by atoms with van der Waals surface area (Å²) in [4.78, 5) is 11.2. The van der Waals surface area contributed by atoms with E-state index in [1.807, 2.05) is 26.0 Å². The van der Waals surface area contributed by atoms with Gasteiger partial charge in [-0.25, -0.2) is 0 Å². The van der Waals surface area contributed by atoms with Crippen molar-refractivity contribution >= 4 is 11.7 Å². The van der Waals surface area contributed by atoms with Crippen molar-refractivity contribution in [3.8, 4) is 5.75 Å². The molecule has 1 aromatic carbocycles. The summed E-state index contributed by atoms with van der Waals surface area (Å²) in [6, 6.07) is 5.75. The third kappa shape index (κ3) is 4.36. The number of hydrogen-bond acceptors (Lipinski definition) is 4. The molecular weight excluding hydrogens is 268 g/mol. The van der Waals surface area contributed by atoms with Crippen molar-refractivity contribution in [2.24, 2.45) is 0 Å². The summed E-state index contributed by atoms with van der Waals surface area (Å²) in [5.74, 6) is 0.115. The van der Waals surface area contributed by atoms with Crippen LogP contribution in [0.4, 0.5) is 5.69 Å². The number of carbonyl (C=O) groups is 1. The lowest BCUT2D eigenvalue weighted by atomic mass is 10.0. The lowest BCUT2D eigenvalue weighted by molar-refractivity contribution is -0.139. The maximum atomic E-state index is 11.2. The summed E-state index contributed by atoms with van der Waals surface area (Å²) in [5.41, 5.74) is 2.20. The van der Waals surface area contributed by atoms with Crippen LogP contribution < -0.4 is 15.4 Å². The first-order valence-corrected chi connectivity index (χ1v) is 7.58. The van der Waals surface area contributed by atoms with Gasteiger partial charge in [0.05, 0.1) is 5.69 Å². The number of anilines is 1. The van der Waals surface area contributed by atoms with Gasteiger partial charge in [0.25, 0.3) is 0 Å². The van der Waals surface area contributed by atoms with Crippen LogP contribution in [0.3, 0.4) is 0 Å². The summed E-state index contributed by atoms with van der Waals surface area (Å²) in [6.07, 6.45) is 2.30. The quantitative estimate of drug-likeness (QED) is 0.719. The fourth-order valence-electron chi connectivity index (χ4n) is 2.64. The largest absolute Gasteiger partial charge is 0.490 e. The number of fused-ring (bicyclic) bond motifs is 1. The SMILES string of the molecule is CCCC(NC(C)Cc1ccc2c(c1)NCCO2)C(=O)O. The topological polar surface area (TPSA) is 70.6 Å². The van der Waals surface area contributed by atoms with E-state index in [4.69, 9.17) is 4.74 Å². The summed E-state index contributed by atoms with van der Waals surface area (Å²) >= 11 is 0. The molecule has 21 heavy (non-hydrogen) atoms. The minimum atomic E-state index is -0.774. The second kappa shape index (κ2) is 7.31. The van der Waals surface area contributed by atoms with E-state index < -0.39 is 12.0 Å². The number of carboxylic acid groups (broad SMARTS) is 1. The molecule has 0 aromatic heterocycles. The molecule has 5 nitrogen and oxygen atoms in total. The molecule has 1 aliphatic heterocycles. The molecule has 0 fully saturated rings. The van der Waals surface area contributed by atoms with E-state index in [2.05, 4.69) is 16.7 Å². The highest BCUT2D eigenvalue weighted by Gasteiger charge is 2.19. The fraction of sp³-hybridized carbons (Fsp3) is 0.562. The van der Waals surface area contributed by atoms with Gasteiger partial charge in [-0.1, -0.05) is 19.4 Å². The normalized spacial score (nSPS) is 16.3. The van der Waals surface area contributed by atoms with Crippen LogP contribution in [-0.4, -0.2) is 36.3 Å². The van der Waals surface area contributed by atoms with Crippen LogP contribution in [0.5, 0.6) is 5.75 Å². The van der Waals surface area contributed by atoms with Crippen molar-refractivity contribution in [3.63, 3.8) is 0 Å². The standard InChI is InChI=1S/C16H24N2O3/c1-3-4-13(16(19)20)18-11(2)9-12-5-6-15-14(10-12)17-7-8-21-15/h5-6,10-11,13,17-18H,3-4,7-9H2,1-2H3,(H,19,20). The Bertz CT molecular complexity index is 490. The average Bonchev–Trinajstić information content (AvgIpc) is 2.46. The van der Waals surface area contributed by atoms with Gasteiger partial charge in [-0.2, -0.15) is 0 Å². The molecule has 5 heteroatoms. The lowest BCUT2D eigenvalue weighted by Gasteiger charge is -2.22. The van der Waals surface area contributed by atoms with E-state index in [1.165, 1.54) is 5.56 Å². The molecule has 1 aliphatic rings. The van der Waals surface area contributed by atoms with Gasteiger partial charge in [-0.05, 0) is 37.5 Å². The molecule has 0 aliphatic carbocycles. The Morgan fingerprint density at radius 1 is 1.52 bits per heavy atom. The zero-order valence-electron chi connectivity index (χ0n) is 12.7. The van der Waals surface area contributed by atoms with Crippen molar-refractivity contribution in [1.82, 2.24) is 5.32 Å². The number of hydrogen-bond donors (Lipinski definition) is 3. The van der Waals surface area contributed by atoms with E-state index in [0.717, 1.165) is 30.8 Å². The summed E-state index contributed by atoms with van der Waals surface area (Å²) in [5, 5.41) is 15.7. The number of nitrogens with one attached hydrogen (secondary N) is 2. The smallest absolute Gasteiger partial charge is 0.320 e. The summed E-state index contributed by atoms with van der Waals surface area (Å²) < 4.78 is 5.56. The molecule has 0 spiro atoms. The molecule has 2 unspecified atom stereocenters. The van der Waals surface area contributed by atoms with Gasteiger partial charge in [0.2, 0.25) is 0 Å². The van der Waals surface area contributed by atoms with Crippen LogP contribution in [-0.2, 0) is 11.2 Å². The maximum absolute atomic E-state index is 11.2. The summed E-state index contributed by atoms with van der Waals surface area (Å²) in [6.45, 7) is 5.54. The number of benzene rings is 1. The van der Waals surface area contributed by atoms with E-state index in [9.17, 15) is 9.90 Å². The molecule has 0 radical (unpaired) electrons. The second-order valence-electron chi connectivity index (χ2n) is 5.56. The fourth-order valence-corrected chi connectivity index (χ4v) is 2.64. The second-order valence-corrected chi connectivity index (χ2v) is 5.56. The molecule has 2 rings (SSSR count). The third-order valence-corrected chi connectivity index (χ3v) is 3.62. The number of carboxylic acids is 1. The van der Waals surface area contributed by atoms with Crippen molar-refractivity contribution in [2.45, 2.75) is 45.2 Å². The molecule has 0 saturated heterocycles. The summed E-state index contributed by atoms with van der Waals surface area (Å²) in [7, 11) is 0. The number of aliphatic carboxylic acids is 1. The van der Waals surface area contributed by atoms with Crippen LogP contribution in [0.1, 0.15) is 32.3 Å². The van der Waals surface area contributed by atoms with Crippen molar-refractivity contribution < 1.29 is 14.6 Å². The Balaban J connectivity index is 1.95. The molecular formula is C16H24N2O3. The van der Waals surface area contributed by atoms with Gasteiger partial charge < -0.3 is 20.5 Å². The Hall–Kier alpha value is -1.75. The van der Waals surface area contributed by atoms with Crippen LogP contribution in [0.2, 0.25) is 0 Å². The van der Waals surface area contributed by atoms with Crippen molar-refractivity contribution in [1.29, 1.82) is 0 Å². The monoisotopic (exact) mass is 292 g/mol. The molecule has 2 atom stereocenters. The first kappa shape index (κ1) is 15.6. The van der Waals surface area contributed by atoms with Crippen molar-refractivity contribution in [3.05, 3.63) is 23.8 Å². The molecule has 0 saturated carbocycles.